The highest BCUT2D eigenvalue weighted by molar-refractivity contribution is 7.17. The Hall–Kier alpha value is -21.7. The number of aromatic nitrogens is 12. The first-order chi connectivity index (χ1) is 71.4. The summed E-state index contributed by atoms with van der Waals surface area (Å²) in [5.74, 6) is -4.80. The monoisotopic (exact) mass is 1990 g/mol. The Kier molecular flexibility index (Phi) is 30.6. The Morgan fingerprint density at radius 1 is 0.265 bits per heavy atom. The summed E-state index contributed by atoms with van der Waals surface area (Å²) >= 11 is 3.86. The van der Waals surface area contributed by atoms with Crippen LogP contribution in [0.15, 0.2) is 352 Å². The topological polar surface area (TPSA) is 600 Å². The van der Waals surface area contributed by atoms with E-state index in [0.717, 1.165) is 120 Å². The summed E-state index contributed by atoms with van der Waals surface area (Å²) in [5.41, 5.74) is 3.09. The van der Waals surface area contributed by atoms with Gasteiger partial charge in [0, 0.05) is 70.7 Å². The molecule has 0 aliphatic carbocycles. The molecule has 0 aliphatic rings. The van der Waals surface area contributed by atoms with Gasteiger partial charge in [-0.3, -0.25) is 0 Å². The lowest BCUT2D eigenvalue weighted by molar-refractivity contribution is -0.133. The summed E-state index contributed by atoms with van der Waals surface area (Å²) in [6.07, 6.45) is 7.22. The van der Waals surface area contributed by atoms with E-state index in [2.05, 4.69) is 61.4 Å². The highest BCUT2D eigenvalue weighted by Crippen LogP contribution is 2.39. The Bertz CT molecular complexity index is 8850. The number of nitriles is 6. The molecule has 12 aromatic carbocycles. The molecule has 0 atom stereocenters. The van der Waals surface area contributed by atoms with Crippen molar-refractivity contribution in [1.82, 2.24) is 61.4 Å². The minimum Gasteiger partial charge on any atom is -0.477 e. The van der Waals surface area contributed by atoms with Gasteiger partial charge in [0.15, 0.2) is 23.0 Å². The molecule has 0 unspecified atom stereocenters. The molecule has 9 aromatic heterocycles. The average molecular weight is 1990 g/mol. The fourth-order valence-electron chi connectivity index (χ4n) is 14.0. The van der Waals surface area contributed by atoms with Crippen LogP contribution in [0.25, 0.3) is 202 Å². The number of aliphatic carboxylic acids is 6. The Labute approximate surface area is 838 Å². The zero-order chi connectivity index (χ0) is 103. The molecule has 0 fully saturated rings. The molecular formula is C108H60N18O18S3. The summed E-state index contributed by atoms with van der Waals surface area (Å²) in [5, 5.41) is 158. The van der Waals surface area contributed by atoms with Crippen molar-refractivity contribution in [1.29, 1.82) is 31.6 Å². The molecule has 0 saturated carbocycles. The molecule has 36 nitrogen and oxygen atoms in total. The van der Waals surface area contributed by atoms with Gasteiger partial charge in [-0.25, -0.2) is 28.8 Å². The minimum atomic E-state index is -1.34. The second kappa shape index (κ2) is 45.7. The summed E-state index contributed by atoms with van der Waals surface area (Å²) in [6, 6.07) is 102. The number of rotatable bonds is 21. The number of benzene rings is 12. The van der Waals surface area contributed by atoms with E-state index in [0.29, 0.717) is 65.8 Å². The number of carboxylic acid groups (broad SMARTS) is 6. The molecule has 0 spiro atoms. The molecule has 0 radical (unpaired) electrons. The van der Waals surface area contributed by atoms with Gasteiger partial charge in [0.1, 0.15) is 75.5 Å². The van der Waals surface area contributed by atoms with E-state index in [1.165, 1.54) is 52.2 Å². The normalized spacial score (nSPS) is 11.4. The van der Waals surface area contributed by atoms with Crippen molar-refractivity contribution >= 4 is 171 Å². The Morgan fingerprint density at radius 3 is 1.01 bits per heavy atom. The summed E-state index contributed by atoms with van der Waals surface area (Å²) < 4.78 is 32.2. The summed E-state index contributed by atoms with van der Waals surface area (Å²) in [6.45, 7) is 0. The predicted octanol–water partition coefficient (Wildman–Crippen LogP) is 22.5. The van der Waals surface area contributed by atoms with Gasteiger partial charge in [0.2, 0.25) is 23.5 Å². The number of hydrogen-bond donors (Lipinski definition) is 6. The molecule has 0 saturated heterocycles. The first kappa shape index (κ1) is 98.4. The van der Waals surface area contributed by atoms with Gasteiger partial charge in [0.25, 0.3) is 17.7 Å². The lowest BCUT2D eigenvalue weighted by atomic mass is 10.0. The maximum absolute atomic E-state index is 11.0. The van der Waals surface area contributed by atoms with Crippen molar-refractivity contribution < 1.29 is 86.3 Å². The molecule has 0 aliphatic heterocycles. The van der Waals surface area contributed by atoms with Crippen LogP contribution in [-0.4, -0.2) is 128 Å². The van der Waals surface area contributed by atoms with E-state index in [1.807, 2.05) is 255 Å². The first-order valence-electron chi connectivity index (χ1n) is 42.8. The highest BCUT2D eigenvalue weighted by Gasteiger charge is 2.23. The molecule has 147 heavy (non-hydrogen) atoms. The molecule has 9 heterocycles. The van der Waals surface area contributed by atoms with Gasteiger partial charge in [-0.15, -0.1) is 64.6 Å². The van der Waals surface area contributed by atoms with Crippen LogP contribution in [0.4, 0.5) is 0 Å². The maximum atomic E-state index is 11.0. The lowest BCUT2D eigenvalue weighted by Gasteiger charge is -2.01. The standard InChI is InChI=1S/3C20H11N3O3S.3C16H9N3O3/c21-11-15(20(24)25)10-16-7-8-17(27-16)18-22-19(26-23-18)14-6-5-12-3-1-2-4-13(12)9-14;21-11-15(20(24)25)10-16-7-8-17(27-16)18-19(26-23-22-18)14-6-5-12-3-1-2-4-13(12)9-14;21-11-15(20(24)25)10-16-7-8-17(27-16)19-23-22-18(26-19)14-6-5-12-3-1-2-4-13(12)9-14;17-9-13(16(20)21)8-14-18-19-15(22-14)12-6-5-10-3-1-2-4-11(10)7-12;17-9-13(16(20)21)8-14-18-15(22-19-14)12-6-5-10-3-1-2-4-11(10)7-12;17-9-13(16(20)21)8-14-15(22-19-18-14)12-6-5-10-3-1-2-4-11(10)7-12/h3*1-10H,(H,24,25);3*1-8H,(H,20,21)/b3*15-10+;3*13-8+. The van der Waals surface area contributed by atoms with Gasteiger partial charge < -0.3 is 57.6 Å². The number of thiophene rings is 3. The fourth-order valence-corrected chi connectivity index (χ4v) is 16.7. The van der Waals surface area contributed by atoms with E-state index in [-0.39, 0.29) is 45.9 Å². The molecule has 6 N–H and O–H groups in total. The van der Waals surface area contributed by atoms with Crippen LogP contribution in [0.5, 0.6) is 0 Å². The van der Waals surface area contributed by atoms with Crippen molar-refractivity contribution in [2.24, 2.45) is 0 Å². The molecule has 39 heteroatoms. The molecule has 0 amide bonds. The van der Waals surface area contributed by atoms with Gasteiger partial charge in [-0.05, 0) is 186 Å². The number of hydrogen-bond acceptors (Lipinski definition) is 33. The minimum absolute atomic E-state index is 0.0258. The molecular weight excluding hydrogens is 1930 g/mol. The Morgan fingerprint density at radius 2 is 0.578 bits per heavy atom. The van der Waals surface area contributed by atoms with E-state index in [1.54, 1.807) is 72.8 Å². The smallest absolute Gasteiger partial charge is 0.346 e. The van der Waals surface area contributed by atoms with Crippen LogP contribution in [0.1, 0.15) is 32.0 Å². The van der Waals surface area contributed by atoms with Crippen LogP contribution in [0.2, 0.25) is 0 Å². The van der Waals surface area contributed by atoms with E-state index in [4.69, 9.17) is 89.1 Å². The van der Waals surface area contributed by atoms with Crippen molar-refractivity contribution in [2.75, 3.05) is 0 Å². The van der Waals surface area contributed by atoms with Crippen molar-refractivity contribution in [3.63, 3.8) is 0 Å². The van der Waals surface area contributed by atoms with E-state index in [9.17, 15) is 28.8 Å². The van der Waals surface area contributed by atoms with Crippen molar-refractivity contribution in [2.45, 2.75) is 0 Å². The van der Waals surface area contributed by atoms with Gasteiger partial charge in [-0.1, -0.05) is 204 Å². The average Bonchev–Trinajstić information content (AvgIpc) is 1.62. The van der Waals surface area contributed by atoms with Crippen LogP contribution >= 0.6 is 34.0 Å². The molecule has 0 bridgehead atoms. The summed E-state index contributed by atoms with van der Waals surface area (Å²) in [4.78, 5) is 77.9. The molecule has 21 rings (SSSR count). The first-order valence-corrected chi connectivity index (χ1v) is 45.3. The van der Waals surface area contributed by atoms with Crippen LogP contribution < -0.4 is 0 Å². The number of fused-ring (bicyclic) bond motifs is 6. The van der Waals surface area contributed by atoms with Gasteiger partial charge in [0.05, 0.1) is 14.6 Å². The zero-order valence-electron chi connectivity index (χ0n) is 75.0. The summed E-state index contributed by atoms with van der Waals surface area (Å²) in [7, 11) is 0. The van der Waals surface area contributed by atoms with Crippen molar-refractivity contribution in [3.05, 3.63) is 357 Å². The van der Waals surface area contributed by atoms with Crippen LogP contribution in [-0.2, 0) is 28.8 Å². The van der Waals surface area contributed by atoms with Gasteiger partial charge in [-0.2, -0.15) is 41.5 Å². The largest absolute Gasteiger partial charge is 0.477 e. The third kappa shape index (κ3) is 24.2. The molecule has 21 aromatic rings. The zero-order valence-corrected chi connectivity index (χ0v) is 77.5. The van der Waals surface area contributed by atoms with Crippen LogP contribution in [0, 0.1) is 68.0 Å². The third-order valence-corrected chi connectivity index (χ3v) is 24.2. The van der Waals surface area contributed by atoms with Crippen molar-refractivity contribution in [3.8, 4) is 137 Å². The molecule has 708 valence electrons. The van der Waals surface area contributed by atoms with Crippen LogP contribution in [0.3, 0.4) is 0 Å². The van der Waals surface area contributed by atoms with E-state index < -0.39 is 52.5 Å². The number of nitrogens with zero attached hydrogens (tertiary/aromatic N) is 18. The number of carboxylic acids is 6. The second-order valence-corrected chi connectivity index (χ2v) is 33.9. The SMILES string of the molecule is N#C/C(=C\c1ccc(-c2nnc(-c3ccc4ccccc4c3)o2)s1)C(=O)O.N#C/C(=C\c1ccc(-c2nnoc2-c2ccc3ccccc3c2)s1)C(=O)O.N#C/C(=C\c1ccc(-c2noc(-c3ccc4ccccc4c3)n2)s1)C(=O)O.N#C/C(=C\c1nnc(-c2ccc3ccccc3c2)o1)C(=O)O.N#C/C(=C\c1nnoc1-c1ccc2ccccc2c1)C(=O)O.N#C/C(=C\c1noc(-c2ccc3ccccc3c2)n1)C(=O)O. The van der Waals surface area contributed by atoms with Gasteiger partial charge >= 0.3 is 35.8 Å². The quantitative estimate of drug-likeness (QED) is 0.0287. The second-order valence-electron chi connectivity index (χ2n) is 30.5. The predicted molar refractivity (Wildman–Crippen MR) is 541 cm³/mol. The Balaban J connectivity index is 0.000000126. The fraction of sp³-hybridized carbons (Fsp3) is 0. The van der Waals surface area contributed by atoms with E-state index >= 15 is 0 Å². The highest BCUT2D eigenvalue weighted by atomic mass is 32.1. The maximum Gasteiger partial charge on any atom is 0.346 e. The third-order valence-electron chi connectivity index (χ3n) is 21.1. The lowest BCUT2D eigenvalue weighted by Crippen LogP contribution is -1.97. The number of carbonyl (C=O) groups is 6.